The standard InChI is InChI=1S/C15H19N3O/c16-15(19)18(11-6-2-1-3-7-11)14-10-17-13-9-5-4-8-12(13)14/h4-5,8-11,17H,1-3,6-7H2,(H2,16,19). The van der Waals surface area contributed by atoms with Crippen molar-refractivity contribution in [3.8, 4) is 0 Å². The predicted octanol–water partition coefficient (Wildman–Crippen LogP) is 3.39. The van der Waals surface area contributed by atoms with Gasteiger partial charge < -0.3 is 10.7 Å². The molecule has 0 bridgehead atoms. The minimum Gasteiger partial charge on any atom is -0.359 e. The van der Waals surface area contributed by atoms with Crippen molar-refractivity contribution in [1.29, 1.82) is 0 Å². The molecule has 1 heterocycles. The highest BCUT2D eigenvalue weighted by atomic mass is 16.2. The van der Waals surface area contributed by atoms with Crippen molar-refractivity contribution in [2.24, 2.45) is 5.73 Å². The molecule has 0 radical (unpaired) electrons. The molecule has 0 atom stereocenters. The van der Waals surface area contributed by atoms with Crippen LogP contribution >= 0.6 is 0 Å². The highest BCUT2D eigenvalue weighted by Gasteiger charge is 2.26. The number of primary amides is 1. The number of amides is 2. The van der Waals surface area contributed by atoms with Gasteiger partial charge in [-0.25, -0.2) is 4.79 Å². The number of aromatic nitrogens is 1. The lowest BCUT2D eigenvalue weighted by Gasteiger charge is -2.32. The van der Waals surface area contributed by atoms with Gasteiger partial charge in [0.2, 0.25) is 0 Å². The first kappa shape index (κ1) is 12.1. The minimum atomic E-state index is -0.350. The second kappa shape index (κ2) is 4.96. The molecular formula is C15H19N3O. The fourth-order valence-corrected chi connectivity index (χ4v) is 3.09. The molecule has 2 amide bonds. The van der Waals surface area contributed by atoms with E-state index in [9.17, 15) is 4.79 Å². The van der Waals surface area contributed by atoms with E-state index in [1.54, 1.807) is 4.90 Å². The molecule has 1 saturated carbocycles. The van der Waals surface area contributed by atoms with Crippen LogP contribution in [0.4, 0.5) is 10.5 Å². The van der Waals surface area contributed by atoms with Gasteiger partial charge >= 0.3 is 6.03 Å². The van der Waals surface area contributed by atoms with E-state index < -0.39 is 0 Å². The summed E-state index contributed by atoms with van der Waals surface area (Å²) in [5, 5.41) is 1.06. The largest absolute Gasteiger partial charge is 0.359 e. The van der Waals surface area contributed by atoms with Crippen molar-refractivity contribution < 1.29 is 4.79 Å². The van der Waals surface area contributed by atoms with Crippen LogP contribution in [0.3, 0.4) is 0 Å². The van der Waals surface area contributed by atoms with Crippen LogP contribution in [0.2, 0.25) is 0 Å². The molecule has 0 aliphatic heterocycles. The zero-order chi connectivity index (χ0) is 13.2. The van der Waals surface area contributed by atoms with Gasteiger partial charge in [-0.15, -0.1) is 0 Å². The summed E-state index contributed by atoms with van der Waals surface area (Å²) in [5.74, 6) is 0. The van der Waals surface area contributed by atoms with Gasteiger partial charge in [0.1, 0.15) is 0 Å². The van der Waals surface area contributed by atoms with E-state index in [4.69, 9.17) is 5.73 Å². The van der Waals surface area contributed by atoms with E-state index in [1.807, 2.05) is 30.5 Å². The molecular weight excluding hydrogens is 238 g/mol. The van der Waals surface area contributed by atoms with Gasteiger partial charge in [0.05, 0.1) is 5.69 Å². The van der Waals surface area contributed by atoms with E-state index in [1.165, 1.54) is 19.3 Å². The average molecular weight is 257 g/mol. The summed E-state index contributed by atoms with van der Waals surface area (Å²) < 4.78 is 0. The number of nitrogens with one attached hydrogen (secondary N) is 1. The number of fused-ring (bicyclic) bond motifs is 1. The maximum Gasteiger partial charge on any atom is 0.319 e. The Morgan fingerprint density at radius 1 is 1.21 bits per heavy atom. The van der Waals surface area contributed by atoms with E-state index in [0.29, 0.717) is 0 Å². The van der Waals surface area contributed by atoms with Crippen LogP contribution < -0.4 is 10.6 Å². The highest BCUT2D eigenvalue weighted by Crippen LogP contribution is 2.32. The van der Waals surface area contributed by atoms with Gasteiger partial charge in [0.25, 0.3) is 0 Å². The van der Waals surface area contributed by atoms with Gasteiger partial charge in [-0.05, 0) is 18.9 Å². The number of anilines is 1. The number of carbonyl (C=O) groups is 1. The molecule has 1 aromatic heterocycles. The first-order chi connectivity index (χ1) is 9.27. The van der Waals surface area contributed by atoms with Gasteiger partial charge in [0.15, 0.2) is 0 Å². The maximum atomic E-state index is 11.9. The molecule has 1 aromatic carbocycles. The summed E-state index contributed by atoms with van der Waals surface area (Å²) in [6.07, 6.45) is 7.60. The summed E-state index contributed by atoms with van der Waals surface area (Å²) in [4.78, 5) is 16.9. The Morgan fingerprint density at radius 2 is 1.95 bits per heavy atom. The first-order valence-corrected chi connectivity index (χ1v) is 6.92. The van der Waals surface area contributed by atoms with Crippen LogP contribution in [-0.2, 0) is 0 Å². The summed E-state index contributed by atoms with van der Waals surface area (Å²) in [6.45, 7) is 0. The fourth-order valence-electron chi connectivity index (χ4n) is 3.09. The van der Waals surface area contributed by atoms with E-state index in [-0.39, 0.29) is 12.1 Å². The molecule has 4 nitrogen and oxygen atoms in total. The summed E-state index contributed by atoms with van der Waals surface area (Å²) in [7, 11) is 0. The third kappa shape index (κ3) is 2.18. The Labute approximate surface area is 112 Å². The molecule has 0 unspecified atom stereocenters. The SMILES string of the molecule is NC(=O)N(c1c[nH]c2ccccc12)C1CCCCC1. The lowest BCUT2D eigenvalue weighted by Crippen LogP contribution is -2.44. The molecule has 1 aliphatic rings. The lowest BCUT2D eigenvalue weighted by atomic mass is 9.94. The molecule has 100 valence electrons. The summed E-state index contributed by atoms with van der Waals surface area (Å²) in [6, 6.07) is 7.90. The second-order valence-electron chi connectivity index (χ2n) is 5.22. The van der Waals surface area contributed by atoms with Crippen LogP contribution in [0.25, 0.3) is 10.9 Å². The van der Waals surface area contributed by atoms with Crippen molar-refractivity contribution >= 4 is 22.6 Å². The van der Waals surface area contributed by atoms with E-state index in [2.05, 4.69) is 4.98 Å². The normalized spacial score (nSPS) is 16.6. The third-order valence-electron chi connectivity index (χ3n) is 4.00. The monoisotopic (exact) mass is 257 g/mol. The van der Waals surface area contributed by atoms with Crippen molar-refractivity contribution in [2.45, 2.75) is 38.1 Å². The Bertz CT molecular complexity index is 584. The maximum absolute atomic E-state index is 11.9. The number of nitrogens with two attached hydrogens (primary N) is 1. The molecule has 3 N–H and O–H groups in total. The van der Waals surface area contributed by atoms with Crippen LogP contribution in [-0.4, -0.2) is 17.1 Å². The predicted molar refractivity (Wildman–Crippen MR) is 77.2 cm³/mol. The van der Waals surface area contributed by atoms with Crippen LogP contribution in [0, 0.1) is 0 Å². The molecule has 19 heavy (non-hydrogen) atoms. The first-order valence-electron chi connectivity index (χ1n) is 6.92. The fraction of sp³-hybridized carbons (Fsp3) is 0.400. The molecule has 1 aliphatic carbocycles. The van der Waals surface area contributed by atoms with Crippen molar-refractivity contribution in [2.75, 3.05) is 4.90 Å². The number of rotatable bonds is 2. The number of H-pyrrole nitrogens is 1. The Balaban J connectivity index is 2.01. The third-order valence-corrected chi connectivity index (χ3v) is 4.00. The quantitative estimate of drug-likeness (QED) is 0.851. The Morgan fingerprint density at radius 3 is 2.68 bits per heavy atom. The Kier molecular flexibility index (Phi) is 3.15. The number of nitrogens with zero attached hydrogens (tertiary/aromatic N) is 1. The molecule has 0 spiro atoms. The zero-order valence-electron chi connectivity index (χ0n) is 10.9. The van der Waals surface area contributed by atoms with Crippen LogP contribution in [0.5, 0.6) is 0 Å². The van der Waals surface area contributed by atoms with Crippen LogP contribution in [0.1, 0.15) is 32.1 Å². The summed E-state index contributed by atoms with van der Waals surface area (Å²) >= 11 is 0. The van der Waals surface area contributed by atoms with Crippen LogP contribution in [0.15, 0.2) is 30.5 Å². The number of benzene rings is 1. The van der Waals surface area contributed by atoms with Gasteiger partial charge in [0, 0.05) is 23.1 Å². The zero-order valence-corrected chi connectivity index (χ0v) is 10.9. The molecule has 1 fully saturated rings. The molecule has 3 rings (SSSR count). The molecule has 2 aromatic rings. The van der Waals surface area contributed by atoms with Gasteiger partial charge in [-0.3, -0.25) is 4.90 Å². The number of hydrogen-bond donors (Lipinski definition) is 2. The van der Waals surface area contributed by atoms with Crippen molar-refractivity contribution in [1.82, 2.24) is 4.98 Å². The van der Waals surface area contributed by atoms with Gasteiger partial charge in [-0.2, -0.15) is 0 Å². The number of para-hydroxylation sites is 1. The highest BCUT2D eigenvalue weighted by molar-refractivity contribution is 6.02. The number of carbonyl (C=O) groups excluding carboxylic acids is 1. The van der Waals surface area contributed by atoms with Crippen molar-refractivity contribution in [3.05, 3.63) is 30.5 Å². The van der Waals surface area contributed by atoms with Gasteiger partial charge in [-0.1, -0.05) is 37.5 Å². The smallest absolute Gasteiger partial charge is 0.319 e. The summed E-state index contributed by atoms with van der Waals surface area (Å²) in [5.41, 5.74) is 7.58. The number of urea groups is 1. The topological polar surface area (TPSA) is 62.1 Å². The lowest BCUT2D eigenvalue weighted by molar-refractivity contribution is 0.249. The average Bonchev–Trinajstić information content (AvgIpc) is 2.84. The minimum absolute atomic E-state index is 0.241. The van der Waals surface area contributed by atoms with E-state index >= 15 is 0 Å². The Hall–Kier alpha value is -1.97. The number of aromatic amines is 1. The van der Waals surface area contributed by atoms with E-state index in [0.717, 1.165) is 29.4 Å². The molecule has 0 saturated heterocycles. The number of hydrogen-bond acceptors (Lipinski definition) is 1. The molecule has 4 heteroatoms. The van der Waals surface area contributed by atoms with Crippen molar-refractivity contribution in [3.63, 3.8) is 0 Å². The second-order valence-corrected chi connectivity index (χ2v) is 5.22.